The van der Waals surface area contributed by atoms with Gasteiger partial charge in [-0.2, -0.15) is 5.26 Å². The van der Waals surface area contributed by atoms with E-state index in [0.717, 1.165) is 30.8 Å². The molecule has 1 aromatic heterocycles. The van der Waals surface area contributed by atoms with Gasteiger partial charge in [0, 0.05) is 49.3 Å². The number of piperazine rings is 1. The minimum atomic E-state index is -0.604. The van der Waals surface area contributed by atoms with E-state index in [-0.39, 0.29) is 22.9 Å². The number of hydrogen-bond acceptors (Lipinski definition) is 6. The maximum absolute atomic E-state index is 12.8. The summed E-state index contributed by atoms with van der Waals surface area (Å²) in [5.41, 5.74) is 10.1. The molecule has 0 atom stereocenters. The smallest absolute Gasteiger partial charge is 0.357 e. The third-order valence-electron chi connectivity index (χ3n) is 6.21. The van der Waals surface area contributed by atoms with Crippen molar-refractivity contribution < 1.29 is 14.3 Å². The summed E-state index contributed by atoms with van der Waals surface area (Å²) in [6.45, 7) is 4.82. The van der Waals surface area contributed by atoms with Gasteiger partial charge in [0.1, 0.15) is 6.07 Å². The van der Waals surface area contributed by atoms with Gasteiger partial charge in [-0.1, -0.05) is 19.1 Å². The SMILES string of the molecule is CCc1ccc(C(=O)N2CCN(c3ccc(-n4cc(C#N)c(N)c4C(=O)OC)cc3)CC2)cc1. The molecule has 1 amide bonds. The highest BCUT2D eigenvalue weighted by Gasteiger charge is 2.24. The van der Waals surface area contributed by atoms with Crippen LogP contribution >= 0.6 is 0 Å². The van der Waals surface area contributed by atoms with E-state index in [1.165, 1.54) is 18.9 Å². The fourth-order valence-corrected chi connectivity index (χ4v) is 4.18. The number of nitrogens with zero attached hydrogens (tertiary/aromatic N) is 4. The largest absolute Gasteiger partial charge is 0.464 e. The third-order valence-corrected chi connectivity index (χ3v) is 6.21. The van der Waals surface area contributed by atoms with Crippen LogP contribution in [0.3, 0.4) is 0 Å². The Balaban J connectivity index is 1.45. The number of benzene rings is 2. The molecule has 8 nitrogen and oxygen atoms in total. The van der Waals surface area contributed by atoms with Crippen molar-refractivity contribution in [3.8, 4) is 11.8 Å². The Bertz CT molecular complexity index is 1230. The second kappa shape index (κ2) is 9.71. The van der Waals surface area contributed by atoms with Gasteiger partial charge >= 0.3 is 5.97 Å². The summed E-state index contributed by atoms with van der Waals surface area (Å²) in [6.07, 6.45) is 2.49. The fraction of sp³-hybridized carbons (Fsp3) is 0.269. The highest BCUT2D eigenvalue weighted by atomic mass is 16.5. The third kappa shape index (κ3) is 4.33. The van der Waals surface area contributed by atoms with Gasteiger partial charge in [0.2, 0.25) is 0 Å². The molecule has 174 valence electrons. The maximum atomic E-state index is 12.8. The van der Waals surface area contributed by atoms with Gasteiger partial charge in [0.15, 0.2) is 5.69 Å². The van der Waals surface area contributed by atoms with E-state index in [2.05, 4.69) is 11.8 Å². The van der Waals surface area contributed by atoms with Crippen LogP contribution in [0.25, 0.3) is 5.69 Å². The second-order valence-electron chi connectivity index (χ2n) is 8.12. The first kappa shape index (κ1) is 22.9. The van der Waals surface area contributed by atoms with Crippen molar-refractivity contribution in [3.05, 3.63) is 77.1 Å². The lowest BCUT2D eigenvalue weighted by atomic mass is 10.1. The molecule has 2 aromatic carbocycles. The summed E-state index contributed by atoms with van der Waals surface area (Å²) in [6, 6.07) is 17.5. The van der Waals surface area contributed by atoms with Gasteiger partial charge in [0.25, 0.3) is 5.91 Å². The predicted octanol–water partition coefficient (Wildman–Crippen LogP) is 3.24. The Kier molecular flexibility index (Phi) is 6.55. The topological polar surface area (TPSA) is 105 Å². The van der Waals surface area contributed by atoms with Crippen LogP contribution < -0.4 is 10.6 Å². The van der Waals surface area contributed by atoms with Crippen molar-refractivity contribution in [2.45, 2.75) is 13.3 Å². The molecule has 0 radical (unpaired) electrons. The van der Waals surface area contributed by atoms with Crippen LogP contribution in [0.1, 0.15) is 38.9 Å². The summed E-state index contributed by atoms with van der Waals surface area (Å²) < 4.78 is 6.41. The minimum absolute atomic E-state index is 0.0616. The number of nitriles is 1. The Labute approximate surface area is 198 Å². The Morgan fingerprint density at radius 2 is 1.62 bits per heavy atom. The molecule has 3 aromatic rings. The first-order valence-electron chi connectivity index (χ1n) is 11.2. The Hall–Kier alpha value is -4.25. The van der Waals surface area contributed by atoms with Crippen molar-refractivity contribution in [1.82, 2.24) is 9.47 Å². The monoisotopic (exact) mass is 457 g/mol. The molecule has 2 N–H and O–H groups in total. The van der Waals surface area contributed by atoms with Crippen LogP contribution in [0.15, 0.2) is 54.7 Å². The van der Waals surface area contributed by atoms with Crippen LogP contribution in [0, 0.1) is 11.3 Å². The van der Waals surface area contributed by atoms with Crippen molar-refractivity contribution in [3.63, 3.8) is 0 Å². The number of nitrogen functional groups attached to an aromatic ring is 1. The molecule has 0 saturated carbocycles. The van der Waals surface area contributed by atoms with E-state index in [1.807, 2.05) is 59.5 Å². The van der Waals surface area contributed by atoms with Crippen LogP contribution in [-0.2, 0) is 11.2 Å². The molecule has 1 aliphatic heterocycles. The van der Waals surface area contributed by atoms with Crippen molar-refractivity contribution in [1.29, 1.82) is 5.26 Å². The number of aromatic nitrogens is 1. The van der Waals surface area contributed by atoms with E-state index < -0.39 is 5.97 Å². The normalized spacial score (nSPS) is 13.4. The van der Waals surface area contributed by atoms with Crippen molar-refractivity contribution in [2.24, 2.45) is 0 Å². The van der Waals surface area contributed by atoms with E-state index >= 15 is 0 Å². The zero-order valence-corrected chi connectivity index (χ0v) is 19.3. The van der Waals surface area contributed by atoms with Gasteiger partial charge in [-0.15, -0.1) is 0 Å². The lowest BCUT2D eigenvalue weighted by molar-refractivity contribution is 0.0592. The summed E-state index contributed by atoms with van der Waals surface area (Å²) in [5.74, 6) is -0.542. The number of hydrogen-bond donors (Lipinski definition) is 1. The Morgan fingerprint density at radius 1 is 1.00 bits per heavy atom. The molecular weight excluding hydrogens is 430 g/mol. The Morgan fingerprint density at radius 3 is 2.18 bits per heavy atom. The van der Waals surface area contributed by atoms with Gasteiger partial charge in [-0.3, -0.25) is 4.79 Å². The first-order valence-corrected chi connectivity index (χ1v) is 11.2. The molecule has 0 bridgehead atoms. The maximum Gasteiger partial charge on any atom is 0.357 e. The molecular formula is C26H27N5O3. The molecule has 1 saturated heterocycles. The molecule has 8 heteroatoms. The number of carbonyl (C=O) groups is 2. The molecule has 0 spiro atoms. The number of carbonyl (C=O) groups excluding carboxylic acids is 2. The van der Waals surface area contributed by atoms with Crippen molar-refractivity contribution >= 4 is 23.3 Å². The number of rotatable bonds is 5. The van der Waals surface area contributed by atoms with E-state index in [0.29, 0.717) is 18.8 Å². The standard InChI is InChI=1S/C26H27N5O3/c1-3-18-4-6-19(7-5-18)25(32)30-14-12-29(13-15-30)21-8-10-22(11-9-21)31-17-20(16-27)23(28)24(31)26(33)34-2/h4-11,17H,3,12-15,28H2,1-2H3. The number of amides is 1. The minimum Gasteiger partial charge on any atom is -0.464 e. The summed E-state index contributed by atoms with van der Waals surface area (Å²) in [4.78, 5) is 29.2. The highest BCUT2D eigenvalue weighted by molar-refractivity contribution is 5.96. The van der Waals surface area contributed by atoms with Gasteiger partial charge in [-0.05, 0) is 48.4 Å². The van der Waals surface area contributed by atoms with Crippen LogP contribution in [-0.4, -0.2) is 54.6 Å². The predicted molar refractivity (Wildman–Crippen MR) is 130 cm³/mol. The molecule has 4 rings (SSSR count). The van der Waals surface area contributed by atoms with Gasteiger partial charge in [-0.25, -0.2) is 4.79 Å². The van der Waals surface area contributed by atoms with Gasteiger partial charge < -0.3 is 24.8 Å². The zero-order chi connectivity index (χ0) is 24.2. The summed E-state index contributed by atoms with van der Waals surface area (Å²) in [5, 5.41) is 9.30. The second-order valence-corrected chi connectivity index (χ2v) is 8.12. The zero-order valence-electron chi connectivity index (χ0n) is 19.3. The van der Waals surface area contributed by atoms with Gasteiger partial charge in [0.05, 0.1) is 18.4 Å². The number of methoxy groups -OCH3 is 1. The van der Waals surface area contributed by atoms with Crippen LogP contribution in [0.5, 0.6) is 0 Å². The van der Waals surface area contributed by atoms with Crippen LogP contribution in [0.4, 0.5) is 11.4 Å². The number of nitrogens with two attached hydrogens (primary N) is 1. The molecule has 1 fully saturated rings. The highest BCUT2D eigenvalue weighted by Crippen LogP contribution is 2.26. The number of aryl methyl sites for hydroxylation is 1. The molecule has 0 unspecified atom stereocenters. The molecule has 2 heterocycles. The first-order chi connectivity index (χ1) is 16.5. The van der Waals surface area contributed by atoms with E-state index in [4.69, 9.17) is 10.5 Å². The number of esters is 1. The quantitative estimate of drug-likeness (QED) is 0.590. The average Bonchev–Trinajstić information content (AvgIpc) is 3.24. The average molecular weight is 458 g/mol. The molecule has 34 heavy (non-hydrogen) atoms. The molecule has 1 aliphatic rings. The van der Waals surface area contributed by atoms with Crippen LogP contribution in [0.2, 0.25) is 0 Å². The van der Waals surface area contributed by atoms with E-state index in [1.54, 1.807) is 4.57 Å². The summed E-state index contributed by atoms with van der Waals surface area (Å²) in [7, 11) is 1.28. The number of ether oxygens (including phenoxy) is 1. The van der Waals surface area contributed by atoms with E-state index in [9.17, 15) is 14.9 Å². The number of anilines is 2. The fourth-order valence-electron chi connectivity index (χ4n) is 4.18. The van der Waals surface area contributed by atoms with Crippen molar-refractivity contribution in [2.75, 3.05) is 43.9 Å². The lowest BCUT2D eigenvalue weighted by Crippen LogP contribution is -2.48. The lowest BCUT2D eigenvalue weighted by Gasteiger charge is -2.36. The molecule has 0 aliphatic carbocycles. The summed E-state index contributed by atoms with van der Waals surface area (Å²) >= 11 is 0.